The zero-order valence-corrected chi connectivity index (χ0v) is 17.9. The van der Waals surface area contributed by atoms with Crippen molar-refractivity contribution in [1.82, 2.24) is 15.4 Å². The SMILES string of the molecule is O=C(NN(C(=O)c1ccccc1)[C@H]1CC(=O)N(c2cccc(C(F)(F)F)c2)C1=O)c1ccncc1. The molecule has 1 aromatic heterocycles. The van der Waals surface area contributed by atoms with E-state index in [2.05, 4.69) is 10.4 Å². The molecule has 1 saturated heterocycles. The van der Waals surface area contributed by atoms with E-state index >= 15 is 0 Å². The van der Waals surface area contributed by atoms with Gasteiger partial charge in [0.1, 0.15) is 6.04 Å². The van der Waals surface area contributed by atoms with Crippen LogP contribution in [0.15, 0.2) is 79.1 Å². The zero-order chi connectivity index (χ0) is 25.2. The van der Waals surface area contributed by atoms with Gasteiger partial charge in [-0.2, -0.15) is 13.2 Å². The van der Waals surface area contributed by atoms with Crippen LogP contribution in [0.4, 0.5) is 18.9 Å². The molecule has 11 heteroatoms. The van der Waals surface area contributed by atoms with Crippen molar-refractivity contribution in [3.63, 3.8) is 0 Å². The molecule has 0 bridgehead atoms. The largest absolute Gasteiger partial charge is 0.416 e. The van der Waals surface area contributed by atoms with E-state index in [1.807, 2.05) is 0 Å². The van der Waals surface area contributed by atoms with Gasteiger partial charge in [-0.15, -0.1) is 0 Å². The number of carbonyl (C=O) groups is 4. The lowest BCUT2D eigenvalue weighted by molar-refractivity contribution is -0.137. The lowest BCUT2D eigenvalue weighted by Crippen LogP contribution is -2.54. The summed E-state index contributed by atoms with van der Waals surface area (Å²) in [4.78, 5) is 56.4. The van der Waals surface area contributed by atoms with Gasteiger partial charge in [0.15, 0.2) is 0 Å². The van der Waals surface area contributed by atoms with Crippen LogP contribution in [-0.4, -0.2) is 39.7 Å². The quantitative estimate of drug-likeness (QED) is 0.455. The molecular formula is C24H17F3N4O4. The lowest BCUT2D eigenvalue weighted by atomic mass is 10.1. The van der Waals surface area contributed by atoms with Crippen LogP contribution in [0.1, 0.15) is 32.7 Å². The van der Waals surface area contributed by atoms with Crippen molar-refractivity contribution >= 4 is 29.3 Å². The predicted molar refractivity (Wildman–Crippen MR) is 117 cm³/mol. The molecule has 3 aromatic rings. The number of rotatable bonds is 4. The minimum Gasteiger partial charge on any atom is -0.274 e. The number of hydrazine groups is 1. The average molecular weight is 482 g/mol. The second-order valence-electron chi connectivity index (χ2n) is 7.55. The van der Waals surface area contributed by atoms with E-state index in [-0.39, 0.29) is 16.8 Å². The van der Waals surface area contributed by atoms with Crippen LogP contribution in [0.2, 0.25) is 0 Å². The van der Waals surface area contributed by atoms with Gasteiger partial charge in [-0.3, -0.25) is 29.6 Å². The van der Waals surface area contributed by atoms with Gasteiger partial charge in [-0.05, 0) is 42.5 Å². The molecule has 2 aromatic carbocycles. The third-order valence-corrected chi connectivity index (χ3v) is 5.27. The minimum atomic E-state index is -4.69. The summed E-state index contributed by atoms with van der Waals surface area (Å²) in [5.74, 6) is -3.28. The number of hydrogen-bond acceptors (Lipinski definition) is 5. The lowest BCUT2D eigenvalue weighted by Gasteiger charge is -2.28. The number of carbonyl (C=O) groups excluding carboxylic acids is 4. The number of benzene rings is 2. The summed E-state index contributed by atoms with van der Waals surface area (Å²) >= 11 is 0. The third kappa shape index (κ3) is 4.88. The Morgan fingerprint density at radius 2 is 1.63 bits per heavy atom. The zero-order valence-electron chi connectivity index (χ0n) is 17.9. The summed E-state index contributed by atoms with van der Waals surface area (Å²) in [6, 6.07) is 12.8. The number of alkyl halides is 3. The van der Waals surface area contributed by atoms with Gasteiger partial charge in [-0.1, -0.05) is 24.3 Å². The van der Waals surface area contributed by atoms with E-state index in [4.69, 9.17) is 0 Å². The molecule has 1 N–H and O–H groups in total. The Balaban J connectivity index is 1.68. The Hall–Kier alpha value is -4.54. The monoisotopic (exact) mass is 482 g/mol. The van der Waals surface area contributed by atoms with E-state index in [1.54, 1.807) is 18.2 Å². The summed E-state index contributed by atoms with van der Waals surface area (Å²) in [7, 11) is 0. The highest BCUT2D eigenvalue weighted by Gasteiger charge is 2.46. The maximum Gasteiger partial charge on any atom is 0.416 e. The molecule has 178 valence electrons. The standard InChI is InChI=1S/C24H17F3N4O4/c25-24(26,27)17-7-4-8-18(13-17)30-20(32)14-19(23(30)35)31(22(34)16-5-2-1-3-6-16)29-21(33)15-9-11-28-12-10-15/h1-13,19H,14H2,(H,29,33)/t19-/m0/s1. The van der Waals surface area contributed by atoms with Crippen LogP contribution >= 0.6 is 0 Å². The molecule has 1 atom stereocenters. The molecule has 1 aliphatic rings. The fourth-order valence-corrected chi connectivity index (χ4v) is 3.58. The highest BCUT2D eigenvalue weighted by molar-refractivity contribution is 6.23. The van der Waals surface area contributed by atoms with E-state index in [0.29, 0.717) is 11.0 Å². The fourth-order valence-electron chi connectivity index (χ4n) is 3.58. The molecule has 1 fully saturated rings. The highest BCUT2D eigenvalue weighted by Crippen LogP contribution is 2.33. The molecule has 0 spiro atoms. The van der Waals surface area contributed by atoms with Crippen molar-refractivity contribution < 1.29 is 32.3 Å². The minimum absolute atomic E-state index is 0.125. The van der Waals surface area contributed by atoms with Crippen LogP contribution in [0, 0.1) is 0 Å². The molecule has 0 radical (unpaired) electrons. The first kappa shape index (κ1) is 23.6. The average Bonchev–Trinajstić information content (AvgIpc) is 3.16. The number of hydrogen-bond donors (Lipinski definition) is 1. The topological polar surface area (TPSA) is 99.7 Å². The van der Waals surface area contributed by atoms with Crippen molar-refractivity contribution in [2.45, 2.75) is 18.6 Å². The molecule has 4 amide bonds. The number of anilines is 1. The molecule has 1 aliphatic heterocycles. The van der Waals surface area contributed by atoms with Crippen LogP contribution < -0.4 is 10.3 Å². The molecule has 0 saturated carbocycles. The van der Waals surface area contributed by atoms with Crippen LogP contribution in [-0.2, 0) is 15.8 Å². The normalized spacial score (nSPS) is 15.7. The Labute approximate surface area is 196 Å². The van der Waals surface area contributed by atoms with Crippen LogP contribution in [0.5, 0.6) is 0 Å². The summed E-state index contributed by atoms with van der Waals surface area (Å²) in [5.41, 5.74) is 1.30. The Bertz CT molecular complexity index is 1280. The van der Waals surface area contributed by atoms with E-state index in [0.717, 1.165) is 17.1 Å². The molecular weight excluding hydrogens is 465 g/mol. The van der Waals surface area contributed by atoms with Gasteiger partial charge in [-0.25, -0.2) is 9.91 Å². The second-order valence-corrected chi connectivity index (χ2v) is 7.55. The van der Waals surface area contributed by atoms with Crippen molar-refractivity contribution in [2.24, 2.45) is 0 Å². The fraction of sp³-hybridized carbons (Fsp3) is 0.125. The first-order valence-electron chi connectivity index (χ1n) is 10.3. The van der Waals surface area contributed by atoms with E-state index in [9.17, 15) is 32.3 Å². The summed E-state index contributed by atoms with van der Waals surface area (Å²) in [5, 5.41) is 0.742. The Kier molecular flexibility index (Phi) is 6.32. The van der Waals surface area contributed by atoms with Crippen molar-refractivity contribution in [3.05, 3.63) is 95.8 Å². The first-order valence-corrected chi connectivity index (χ1v) is 10.3. The number of halogens is 3. The van der Waals surface area contributed by atoms with Gasteiger partial charge >= 0.3 is 6.18 Å². The number of nitrogens with one attached hydrogen (secondary N) is 1. The van der Waals surface area contributed by atoms with Gasteiger partial charge in [0.05, 0.1) is 17.7 Å². The van der Waals surface area contributed by atoms with Gasteiger partial charge < -0.3 is 0 Å². The highest BCUT2D eigenvalue weighted by atomic mass is 19.4. The number of pyridine rings is 1. The van der Waals surface area contributed by atoms with Crippen molar-refractivity contribution in [2.75, 3.05) is 4.90 Å². The van der Waals surface area contributed by atoms with Crippen molar-refractivity contribution in [3.8, 4) is 0 Å². The molecule has 35 heavy (non-hydrogen) atoms. The number of amides is 4. The van der Waals surface area contributed by atoms with E-state index in [1.165, 1.54) is 42.7 Å². The van der Waals surface area contributed by atoms with Crippen LogP contribution in [0.25, 0.3) is 0 Å². The molecule has 4 rings (SSSR count). The summed E-state index contributed by atoms with van der Waals surface area (Å²) in [6.45, 7) is 0. The van der Waals surface area contributed by atoms with Gasteiger partial charge in [0.2, 0.25) is 5.91 Å². The number of imide groups is 1. The summed E-state index contributed by atoms with van der Waals surface area (Å²) in [6.07, 6.45) is -2.50. The predicted octanol–water partition coefficient (Wildman–Crippen LogP) is 3.22. The van der Waals surface area contributed by atoms with Gasteiger partial charge in [0.25, 0.3) is 17.7 Å². The van der Waals surface area contributed by atoms with E-state index < -0.39 is 47.8 Å². The Morgan fingerprint density at radius 3 is 2.29 bits per heavy atom. The smallest absolute Gasteiger partial charge is 0.274 e. The second kappa shape index (κ2) is 9.37. The molecule has 2 heterocycles. The maximum absolute atomic E-state index is 13.2. The Morgan fingerprint density at radius 1 is 0.943 bits per heavy atom. The summed E-state index contributed by atoms with van der Waals surface area (Å²) < 4.78 is 39.5. The molecule has 8 nitrogen and oxygen atoms in total. The maximum atomic E-state index is 13.2. The number of nitrogens with zero attached hydrogens (tertiary/aromatic N) is 3. The van der Waals surface area contributed by atoms with Crippen molar-refractivity contribution in [1.29, 1.82) is 0 Å². The van der Waals surface area contributed by atoms with Crippen LogP contribution in [0.3, 0.4) is 0 Å². The number of aromatic nitrogens is 1. The molecule has 0 unspecified atom stereocenters. The third-order valence-electron chi connectivity index (χ3n) is 5.27. The van der Waals surface area contributed by atoms with Gasteiger partial charge in [0, 0.05) is 23.5 Å². The molecule has 0 aliphatic carbocycles. The first-order chi connectivity index (χ1) is 16.7.